The number of carbonyl (C=O) groups is 2. The number of nitrogens with one attached hydrogen (secondary N) is 1. The zero-order chi connectivity index (χ0) is 21.1. The zero-order valence-corrected chi connectivity index (χ0v) is 16.3. The maximum Gasteiger partial charge on any atom is 0.349 e. The Hall–Kier alpha value is -3.93. The van der Waals surface area contributed by atoms with E-state index in [0.29, 0.717) is 17.5 Å². The standard InChI is InChI=1S/C24H19NO5/c1-2-12-25-22(26)20-13-16-10-11-17(14-21(16)30-24(20)28)29-23(27)19-9-5-7-15-6-3-4-8-18(15)19/h3-11,13-14H,2,12H2,1H3,(H,25,26). The van der Waals surface area contributed by atoms with E-state index in [2.05, 4.69) is 5.32 Å². The molecule has 150 valence electrons. The van der Waals surface area contributed by atoms with Crippen molar-refractivity contribution in [3.8, 4) is 5.75 Å². The van der Waals surface area contributed by atoms with E-state index in [1.165, 1.54) is 12.1 Å². The first-order valence-corrected chi connectivity index (χ1v) is 9.63. The molecule has 1 N–H and O–H groups in total. The van der Waals surface area contributed by atoms with E-state index < -0.39 is 17.5 Å². The van der Waals surface area contributed by atoms with Crippen LogP contribution in [0.4, 0.5) is 0 Å². The lowest BCUT2D eigenvalue weighted by molar-refractivity contribution is 0.0736. The van der Waals surface area contributed by atoms with Gasteiger partial charge in [-0.2, -0.15) is 0 Å². The molecular weight excluding hydrogens is 382 g/mol. The summed E-state index contributed by atoms with van der Waals surface area (Å²) in [5.74, 6) is -0.741. The summed E-state index contributed by atoms with van der Waals surface area (Å²) in [5.41, 5.74) is -0.127. The average Bonchev–Trinajstić information content (AvgIpc) is 2.76. The van der Waals surface area contributed by atoms with Gasteiger partial charge in [0, 0.05) is 18.0 Å². The second kappa shape index (κ2) is 8.21. The van der Waals surface area contributed by atoms with Gasteiger partial charge in [-0.1, -0.05) is 43.3 Å². The summed E-state index contributed by atoms with van der Waals surface area (Å²) >= 11 is 0. The van der Waals surface area contributed by atoms with E-state index in [1.807, 2.05) is 37.3 Å². The molecule has 1 aromatic heterocycles. The van der Waals surface area contributed by atoms with Crippen LogP contribution in [-0.2, 0) is 0 Å². The summed E-state index contributed by atoms with van der Waals surface area (Å²) in [6.45, 7) is 2.39. The fourth-order valence-corrected chi connectivity index (χ4v) is 3.21. The topological polar surface area (TPSA) is 85.6 Å². The van der Waals surface area contributed by atoms with Crippen LogP contribution in [-0.4, -0.2) is 18.4 Å². The smallest absolute Gasteiger partial charge is 0.349 e. The number of rotatable bonds is 5. The maximum absolute atomic E-state index is 12.7. The van der Waals surface area contributed by atoms with Gasteiger partial charge in [0.1, 0.15) is 16.9 Å². The summed E-state index contributed by atoms with van der Waals surface area (Å²) in [5, 5.41) is 4.94. The number of fused-ring (bicyclic) bond motifs is 2. The van der Waals surface area contributed by atoms with Crippen molar-refractivity contribution >= 4 is 33.6 Å². The molecule has 0 bridgehead atoms. The highest BCUT2D eigenvalue weighted by molar-refractivity contribution is 6.05. The van der Waals surface area contributed by atoms with E-state index in [4.69, 9.17) is 9.15 Å². The fourth-order valence-electron chi connectivity index (χ4n) is 3.21. The van der Waals surface area contributed by atoms with Crippen molar-refractivity contribution in [2.24, 2.45) is 0 Å². The second-order valence-electron chi connectivity index (χ2n) is 6.82. The highest BCUT2D eigenvalue weighted by Gasteiger charge is 2.15. The van der Waals surface area contributed by atoms with Gasteiger partial charge in [0.15, 0.2) is 0 Å². The van der Waals surface area contributed by atoms with Crippen molar-refractivity contribution in [2.75, 3.05) is 6.54 Å². The summed E-state index contributed by atoms with van der Waals surface area (Å²) in [6.07, 6.45) is 0.760. The lowest BCUT2D eigenvalue weighted by Gasteiger charge is -2.08. The highest BCUT2D eigenvalue weighted by atomic mass is 16.5. The van der Waals surface area contributed by atoms with E-state index >= 15 is 0 Å². The number of esters is 1. The average molecular weight is 401 g/mol. The van der Waals surface area contributed by atoms with Gasteiger partial charge >= 0.3 is 11.6 Å². The predicted molar refractivity (Wildman–Crippen MR) is 114 cm³/mol. The van der Waals surface area contributed by atoms with Crippen LogP contribution in [0.3, 0.4) is 0 Å². The van der Waals surface area contributed by atoms with Gasteiger partial charge in [0.2, 0.25) is 0 Å². The number of hydrogen-bond acceptors (Lipinski definition) is 5. The Bertz CT molecular complexity index is 1320. The SMILES string of the molecule is CCCNC(=O)c1cc2ccc(OC(=O)c3cccc4ccccc34)cc2oc1=O. The molecule has 30 heavy (non-hydrogen) atoms. The Morgan fingerprint density at radius 2 is 1.73 bits per heavy atom. The summed E-state index contributed by atoms with van der Waals surface area (Å²) < 4.78 is 10.8. The summed E-state index contributed by atoms with van der Waals surface area (Å²) in [7, 11) is 0. The molecule has 0 fully saturated rings. The molecule has 6 heteroatoms. The summed E-state index contributed by atoms with van der Waals surface area (Å²) in [4.78, 5) is 37.0. The fraction of sp³-hybridized carbons (Fsp3) is 0.125. The first-order chi connectivity index (χ1) is 14.6. The highest BCUT2D eigenvalue weighted by Crippen LogP contribution is 2.24. The molecule has 0 aliphatic rings. The van der Waals surface area contributed by atoms with Crippen LogP contribution in [0.25, 0.3) is 21.7 Å². The Morgan fingerprint density at radius 3 is 2.57 bits per heavy atom. The van der Waals surface area contributed by atoms with Crippen LogP contribution in [0, 0.1) is 0 Å². The van der Waals surface area contributed by atoms with Gasteiger partial charge in [0.05, 0.1) is 5.56 Å². The Labute approximate surface area is 172 Å². The molecule has 0 aliphatic carbocycles. The van der Waals surface area contributed by atoms with E-state index in [9.17, 15) is 14.4 Å². The third kappa shape index (κ3) is 3.80. The van der Waals surface area contributed by atoms with Crippen LogP contribution in [0.2, 0.25) is 0 Å². The monoisotopic (exact) mass is 401 g/mol. The van der Waals surface area contributed by atoms with Gasteiger partial charge in [-0.05, 0) is 41.5 Å². The number of carbonyl (C=O) groups excluding carboxylic acids is 2. The van der Waals surface area contributed by atoms with Crippen molar-refractivity contribution in [3.05, 3.63) is 88.3 Å². The summed E-state index contributed by atoms with van der Waals surface area (Å²) in [6, 6.07) is 19.1. The molecule has 6 nitrogen and oxygen atoms in total. The Morgan fingerprint density at radius 1 is 0.933 bits per heavy atom. The molecule has 0 radical (unpaired) electrons. The lowest BCUT2D eigenvalue weighted by atomic mass is 10.0. The van der Waals surface area contributed by atoms with Crippen molar-refractivity contribution in [3.63, 3.8) is 0 Å². The molecule has 3 aromatic carbocycles. The van der Waals surface area contributed by atoms with Crippen LogP contribution in [0.1, 0.15) is 34.1 Å². The van der Waals surface area contributed by atoms with Crippen LogP contribution < -0.4 is 15.7 Å². The van der Waals surface area contributed by atoms with Gasteiger partial charge in [-0.25, -0.2) is 9.59 Å². The third-order valence-electron chi connectivity index (χ3n) is 4.71. The number of benzene rings is 3. The van der Waals surface area contributed by atoms with Crippen LogP contribution in [0.5, 0.6) is 5.75 Å². The van der Waals surface area contributed by atoms with Gasteiger partial charge in [-0.3, -0.25) is 4.79 Å². The first-order valence-electron chi connectivity index (χ1n) is 9.63. The zero-order valence-electron chi connectivity index (χ0n) is 16.3. The molecule has 0 unspecified atom stereocenters. The molecule has 1 amide bonds. The van der Waals surface area contributed by atoms with E-state index in [-0.39, 0.29) is 16.9 Å². The maximum atomic E-state index is 12.7. The molecule has 0 saturated heterocycles. The molecule has 0 saturated carbocycles. The number of hydrogen-bond donors (Lipinski definition) is 1. The third-order valence-corrected chi connectivity index (χ3v) is 4.71. The number of ether oxygens (including phenoxy) is 1. The predicted octanol–water partition coefficient (Wildman–Crippen LogP) is 4.31. The normalized spacial score (nSPS) is 10.8. The quantitative estimate of drug-likeness (QED) is 0.306. The van der Waals surface area contributed by atoms with Gasteiger partial charge in [-0.15, -0.1) is 0 Å². The molecular formula is C24H19NO5. The van der Waals surface area contributed by atoms with Crippen molar-refractivity contribution in [1.29, 1.82) is 0 Å². The Kier molecular flexibility index (Phi) is 5.30. The van der Waals surface area contributed by atoms with E-state index in [1.54, 1.807) is 24.3 Å². The van der Waals surface area contributed by atoms with Gasteiger partial charge in [0.25, 0.3) is 5.91 Å². The molecule has 0 spiro atoms. The minimum atomic E-state index is -0.742. The minimum Gasteiger partial charge on any atom is -0.423 e. The van der Waals surface area contributed by atoms with Crippen molar-refractivity contribution < 1.29 is 18.7 Å². The molecule has 4 aromatic rings. The van der Waals surface area contributed by atoms with Gasteiger partial charge < -0.3 is 14.5 Å². The second-order valence-corrected chi connectivity index (χ2v) is 6.82. The Balaban J connectivity index is 1.63. The molecule has 0 atom stereocenters. The minimum absolute atomic E-state index is 0.0588. The molecule has 4 rings (SSSR count). The van der Waals surface area contributed by atoms with Crippen LogP contribution >= 0.6 is 0 Å². The van der Waals surface area contributed by atoms with Crippen LogP contribution in [0.15, 0.2) is 75.9 Å². The van der Waals surface area contributed by atoms with E-state index in [0.717, 1.165) is 17.2 Å². The van der Waals surface area contributed by atoms with Crippen molar-refractivity contribution in [2.45, 2.75) is 13.3 Å². The molecule has 0 aliphatic heterocycles. The lowest BCUT2D eigenvalue weighted by Crippen LogP contribution is -2.28. The largest absolute Gasteiger partial charge is 0.423 e. The first kappa shape index (κ1) is 19.4. The van der Waals surface area contributed by atoms with Crippen molar-refractivity contribution in [1.82, 2.24) is 5.32 Å². The number of amides is 1. The molecule has 1 heterocycles.